The fourth-order valence-corrected chi connectivity index (χ4v) is 3.75. The van der Waals surface area contributed by atoms with Crippen LogP contribution < -0.4 is 4.74 Å². The van der Waals surface area contributed by atoms with Gasteiger partial charge >= 0.3 is 6.36 Å². The molecule has 0 saturated carbocycles. The first kappa shape index (κ1) is 21.9. The Morgan fingerprint density at radius 3 is 1.88 bits per heavy atom. The number of rotatable bonds is 6. The van der Waals surface area contributed by atoms with E-state index in [9.17, 15) is 17.6 Å². The van der Waals surface area contributed by atoms with Gasteiger partial charge in [0.05, 0.1) is 0 Å². The second-order valence-corrected chi connectivity index (χ2v) is 7.74. The lowest BCUT2D eigenvalue weighted by Gasteiger charge is -2.12. The Bertz CT molecular complexity index is 1210. The molecule has 0 aliphatic carbocycles. The molecule has 32 heavy (non-hydrogen) atoms. The number of ether oxygens (including phenoxy) is 1. The van der Waals surface area contributed by atoms with Crippen LogP contribution in [-0.2, 0) is 6.42 Å². The lowest BCUT2D eigenvalue weighted by molar-refractivity contribution is -0.275. The molecule has 0 heterocycles. The Hall–Kier alpha value is -3.34. The number of alkyl halides is 3. The van der Waals surface area contributed by atoms with Crippen LogP contribution >= 0.6 is 0 Å². The third-order valence-corrected chi connectivity index (χ3v) is 5.47. The van der Waals surface area contributed by atoms with Crippen LogP contribution in [-0.4, -0.2) is 6.36 Å². The molecule has 0 unspecified atom stereocenters. The normalized spacial score (nSPS) is 11.7. The number of fused-ring (bicyclic) bond motifs is 1. The van der Waals surface area contributed by atoms with Gasteiger partial charge in [0.1, 0.15) is 0 Å². The first-order valence-electron chi connectivity index (χ1n) is 10.5. The maximum Gasteiger partial charge on any atom is 0.573 e. The third-order valence-electron chi connectivity index (χ3n) is 5.47. The van der Waals surface area contributed by atoms with E-state index in [1.165, 1.54) is 30.5 Å². The summed E-state index contributed by atoms with van der Waals surface area (Å²) >= 11 is 0. The number of hydrogen-bond donors (Lipinski definition) is 0. The van der Waals surface area contributed by atoms with Crippen molar-refractivity contribution in [3.63, 3.8) is 0 Å². The van der Waals surface area contributed by atoms with Crippen LogP contribution in [0.5, 0.6) is 5.75 Å². The maximum atomic E-state index is 14.4. The predicted octanol–water partition coefficient (Wildman–Crippen LogP) is 8.55. The van der Waals surface area contributed by atoms with E-state index in [0.29, 0.717) is 5.39 Å². The smallest absolute Gasteiger partial charge is 0.403 e. The molecule has 0 amide bonds. The topological polar surface area (TPSA) is 9.23 Å². The Labute approximate surface area is 184 Å². The van der Waals surface area contributed by atoms with Gasteiger partial charge in [-0.2, -0.15) is 0 Å². The van der Waals surface area contributed by atoms with Gasteiger partial charge in [-0.1, -0.05) is 80.1 Å². The minimum atomic E-state index is -4.94. The summed E-state index contributed by atoms with van der Waals surface area (Å²) in [4.78, 5) is 0. The van der Waals surface area contributed by atoms with Crippen LogP contribution in [0.25, 0.3) is 33.0 Å². The number of unbranched alkanes of at least 4 members (excludes halogenated alkanes) is 1. The van der Waals surface area contributed by atoms with Gasteiger partial charge in [0.2, 0.25) is 0 Å². The van der Waals surface area contributed by atoms with Crippen LogP contribution in [0.2, 0.25) is 0 Å². The van der Waals surface area contributed by atoms with Gasteiger partial charge in [-0.15, -0.1) is 13.2 Å². The van der Waals surface area contributed by atoms with E-state index in [1.807, 2.05) is 24.3 Å². The molecule has 0 saturated heterocycles. The SMILES string of the molecule is CCCCc1ccc(-c2ccc(-c3ccc4c(F)c(OC(F)(F)F)ccc4c3)cc2)cc1. The molecule has 0 N–H and O–H groups in total. The van der Waals surface area contributed by atoms with Crippen molar-refractivity contribution in [1.29, 1.82) is 0 Å². The number of benzene rings is 4. The highest BCUT2D eigenvalue weighted by atomic mass is 19.4. The van der Waals surface area contributed by atoms with Crippen molar-refractivity contribution >= 4 is 10.8 Å². The number of aryl methyl sites for hydroxylation is 1. The summed E-state index contributed by atoms with van der Waals surface area (Å²) in [5.41, 5.74) is 5.35. The molecule has 164 valence electrons. The monoisotopic (exact) mass is 438 g/mol. The maximum absolute atomic E-state index is 14.4. The predicted molar refractivity (Wildman–Crippen MR) is 120 cm³/mol. The van der Waals surface area contributed by atoms with Gasteiger partial charge in [-0.25, -0.2) is 4.39 Å². The zero-order valence-corrected chi connectivity index (χ0v) is 17.5. The Kier molecular flexibility index (Phi) is 6.17. The minimum absolute atomic E-state index is 0.0790. The lowest BCUT2D eigenvalue weighted by Crippen LogP contribution is -2.17. The van der Waals surface area contributed by atoms with Crippen LogP contribution in [0, 0.1) is 5.82 Å². The summed E-state index contributed by atoms with van der Waals surface area (Å²) in [5, 5.41) is 0.580. The summed E-state index contributed by atoms with van der Waals surface area (Å²) in [6.45, 7) is 2.18. The van der Waals surface area contributed by atoms with E-state index in [0.717, 1.165) is 34.7 Å². The highest BCUT2D eigenvalue weighted by Crippen LogP contribution is 2.33. The van der Waals surface area contributed by atoms with Gasteiger partial charge in [0, 0.05) is 5.39 Å². The molecule has 4 aromatic carbocycles. The zero-order chi connectivity index (χ0) is 22.7. The van der Waals surface area contributed by atoms with E-state index in [1.54, 1.807) is 12.1 Å². The molecule has 0 bridgehead atoms. The summed E-state index contributed by atoms with van der Waals surface area (Å²) in [7, 11) is 0. The van der Waals surface area contributed by atoms with Crippen LogP contribution in [0.15, 0.2) is 78.9 Å². The zero-order valence-electron chi connectivity index (χ0n) is 17.5. The summed E-state index contributed by atoms with van der Waals surface area (Å²) in [5.74, 6) is -1.85. The second kappa shape index (κ2) is 9.03. The standard InChI is InChI=1S/C27H22F4O/c1-2-3-4-18-5-7-19(8-6-18)20-9-11-21(12-10-20)22-13-15-24-23(17-22)14-16-25(26(24)28)32-27(29,30)31/h5-17H,2-4H2,1H3. The molecule has 5 heteroatoms. The number of hydrogen-bond acceptors (Lipinski definition) is 1. The van der Waals surface area contributed by atoms with Gasteiger partial charge in [-0.3, -0.25) is 0 Å². The second-order valence-electron chi connectivity index (χ2n) is 7.74. The largest absolute Gasteiger partial charge is 0.573 e. The average molecular weight is 438 g/mol. The van der Waals surface area contributed by atoms with Crippen molar-refractivity contribution in [2.75, 3.05) is 0 Å². The third kappa shape index (κ3) is 4.93. The fraction of sp³-hybridized carbons (Fsp3) is 0.185. The molecule has 0 spiro atoms. The molecule has 1 nitrogen and oxygen atoms in total. The van der Waals surface area contributed by atoms with Crippen molar-refractivity contribution in [2.45, 2.75) is 32.5 Å². The summed E-state index contributed by atoms with van der Waals surface area (Å²) < 4.78 is 55.5. The van der Waals surface area contributed by atoms with E-state index < -0.39 is 17.9 Å². The highest BCUT2D eigenvalue weighted by Gasteiger charge is 2.32. The van der Waals surface area contributed by atoms with E-state index in [-0.39, 0.29) is 5.39 Å². The van der Waals surface area contributed by atoms with Crippen molar-refractivity contribution < 1.29 is 22.3 Å². The Morgan fingerprint density at radius 2 is 1.28 bits per heavy atom. The van der Waals surface area contributed by atoms with Gasteiger partial charge in [0.15, 0.2) is 11.6 Å². The molecule has 0 aromatic heterocycles. The highest BCUT2D eigenvalue weighted by molar-refractivity contribution is 5.89. The summed E-state index contributed by atoms with van der Waals surface area (Å²) in [6.07, 6.45) is -1.50. The van der Waals surface area contributed by atoms with Gasteiger partial charge in [-0.05, 0) is 58.2 Å². The molecule has 0 atom stereocenters. The van der Waals surface area contributed by atoms with E-state index in [2.05, 4.69) is 35.9 Å². The van der Waals surface area contributed by atoms with Gasteiger partial charge < -0.3 is 4.74 Å². The molecule has 0 fully saturated rings. The Morgan fingerprint density at radius 1 is 0.719 bits per heavy atom. The van der Waals surface area contributed by atoms with Gasteiger partial charge in [0.25, 0.3) is 0 Å². The minimum Gasteiger partial charge on any atom is -0.403 e. The first-order chi connectivity index (χ1) is 15.3. The van der Waals surface area contributed by atoms with Crippen molar-refractivity contribution in [3.05, 3.63) is 90.2 Å². The van der Waals surface area contributed by atoms with Crippen molar-refractivity contribution in [2.24, 2.45) is 0 Å². The number of halogens is 4. The molecular formula is C27H22F4O. The molecule has 0 aliphatic rings. The molecule has 4 rings (SSSR count). The molecule has 0 aliphatic heterocycles. The first-order valence-corrected chi connectivity index (χ1v) is 10.5. The molecule has 4 aromatic rings. The average Bonchev–Trinajstić information content (AvgIpc) is 2.79. The fourth-order valence-electron chi connectivity index (χ4n) is 3.75. The van der Waals surface area contributed by atoms with E-state index in [4.69, 9.17) is 0 Å². The quantitative estimate of drug-likeness (QED) is 0.274. The summed E-state index contributed by atoms with van der Waals surface area (Å²) in [6, 6.07) is 24.0. The lowest BCUT2D eigenvalue weighted by atomic mass is 9.97. The van der Waals surface area contributed by atoms with Crippen LogP contribution in [0.3, 0.4) is 0 Å². The van der Waals surface area contributed by atoms with Crippen LogP contribution in [0.1, 0.15) is 25.3 Å². The van der Waals surface area contributed by atoms with E-state index >= 15 is 0 Å². The molecule has 0 radical (unpaired) electrons. The Balaban J connectivity index is 1.57. The molecular weight excluding hydrogens is 416 g/mol. The van der Waals surface area contributed by atoms with Crippen molar-refractivity contribution in [1.82, 2.24) is 0 Å². The van der Waals surface area contributed by atoms with Crippen LogP contribution in [0.4, 0.5) is 17.6 Å². The van der Waals surface area contributed by atoms with Crippen molar-refractivity contribution in [3.8, 4) is 28.0 Å².